The topological polar surface area (TPSA) is 53.6 Å². The first kappa shape index (κ1) is 24.4. The fourth-order valence-corrected chi connectivity index (χ4v) is 4.33. The van der Waals surface area contributed by atoms with Crippen molar-refractivity contribution in [2.24, 2.45) is 0 Å². The number of nitrogens with one attached hydrogen (secondary N) is 2. The van der Waals surface area contributed by atoms with E-state index in [9.17, 15) is 18.0 Å². The van der Waals surface area contributed by atoms with E-state index in [0.717, 1.165) is 17.3 Å². The van der Waals surface area contributed by atoms with Crippen LogP contribution in [0.4, 0.5) is 23.7 Å². The van der Waals surface area contributed by atoms with Crippen molar-refractivity contribution in [1.82, 2.24) is 10.4 Å². The highest BCUT2D eigenvalue weighted by Gasteiger charge is 2.40. The number of hydroxylamine groups is 1. The van der Waals surface area contributed by atoms with Crippen LogP contribution in [0.3, 0.4) is 0 Å². The molecule has 182 valence electrons. The Morgan fingerprint density at radius 1 is 1.09 bits per heavy atom. The van der Waals surface area contributed by atoms with Gasteiger partial charge in [0, 0.05) is 31.0 Å². The first-order chi connectivity index (χ1) is 15.9. The van der Waals surface area contributed by atoms with Crippen LogP contribution < -0.4 is 10.8 Å². The zero-order valence-electron chi connectivity index (χ0n) is 19.2. The van der Waals surface area contributed by atoms with Crippen molar-refractivity contribution in [1.29, 1.82) is 0 Å². The molecule has 1 spiro atoms. The van der Waals surface area contributed by atoms with Crippen molar-refractivity contribution >= 4 is 29.0 Å². The van der Waals surface area contributed by atoms with Crippen molar-refractivity contribution < 1.29 is 22.8 Å². The number of piperidine rings is 1. The number of halogens is 4. The van der Waals surface area contributed by atoms with Gasteiger partial charge in [-0.15, -0.1) is 0 Å². The lowest BCUT2D eigenvalue weighted by Gasteiger charge is -2.36. The minimum absolute atomic E-state index is 0.0493. The monoisotopic (exact) mass is 493 g/mol. The van der Waals surface area contributed by atoms with E-state index in [1.807, 2.05) is 6.08 Å². The summed E-state index contributed by atoms with van der Waals surface area (Å²) in [5, 5.41) is 2.33. The number of hydrogen-bond acceptors (Lipinski definition) is 3. The number of rotatable bonds is 2. The Labute approximate surface area is 201 Å². The first-order valence-corrected chi connectivity index (χ1v) is 11.4. The fraction of sp³-hybridized carbons (Fsp3) is 0.400. The number of anilines is 1. The van der Waals surface area contributed by atoms with Crippen molar-refractivity contribution in [3.63, 3.8) is 0 Å². The van der Waals surface area contributed by atoms with Crippen molar-refractivity contribution in [3.05, 3.63) is 70.3 Å². The quantitative estimate of drug-likeness (QED) is 0.495. The summed E-state index contributed by atoms with van der Waals surface area (Å²) < 4.78 is 40.0. The molecule has 0 atom stereocenters. The number of nitrogens with zero attached hydrogens (tertiary/aromatic N) is 1. The number of carbonyl (C=O) groups is 1. The normalized spacial score (nSPS) is 18.0. The van der Waals surface area contributed by atoms with Gasteiger partial charge in [-0.05, 0) is 40.8 Å². The molecule has 2 aromatic rings. The van der Waals surface area contributed by atoms with Crippen LogP contribution in [0.15, 0.2) is 48.5 Å². The van der Waals surface area contributed by atoms with Gasteiger partial charge in [-0.2, -0.15) is 13.2 Å². The molecule has 0 aliphatic carbocycles. The Bertz CT molecular complexity index is 1100. The zero-order chi connectivity index (χ0) is 24.7. The summed E-state index contributed by atoms with van der Waals surface area (Å²) in [4.78, 5) is 20.1. The number of alkyl halides is 3. The van der Waals surface area contributed by atoms with E-state index in [0.29, 0.717) is 25.9 Å². The third-order valence-electron chi connectivity index (χ3n) is 6.26. The van der Waals surface area contributed by atoms with Crippen LogP contribution >= 0.6 is 11.6 Å². The maximum Gasteiger partial charge on any atom is 0.418 e. The van der Waals surface area contributed by atoms with Crippen LogP contribution in [0.2, 0.25) is 5.02 Å². The molecule has 1 fully saturated rings. The molecule has 4 rings (SSSR count). The summed E-state index contributed by atoms with van der Waals surface area (Å²) in [7, 11) is 0. The minimum atomic E-state index is -4.63. The van der Waals surface area contributed by atoms with Gasteiger partial charge in [0.05, 0.1) is 16.9 Å². The second-order valence-electron chi connectivity index (χ2n) is 9.76. The molecule has 0 radical (unpaired) electrons. The number of amides is 2. The van der Waals surface area contributed by atoms with Crippen molar-refractivity contribution in [2.75, 3.05) is 18.4 Å². The molecule has 5 nitrogen and oxygen atoms in total. The third-order valence-corrected chi connectivity index (χ3v) is 6.49. The highest BCUT2D eigenvalue weighted by atomic mass is 35.5. The van der Waals surface area contributed by atoms with E-state index in [2.05, 4.69) is 55.8 Å². The predicted molar refractivity (Wildman–Crippen MR) is 126 cm³/mol. The van der Waals surface area contributed by atoms with Gasteiger partial charge in [0.1, 0.15) is 5.60 Å². The zero-order valence-corrected chi connectivity index (χ0v) is 20.0. The minimum Gasteiger partial charge on any atom is -0.324 e. The summed E-state index contributed by atoms with van der Waals surface area (Å²) in [5.41, 5.74) is 4.33. The standard InChI is InChI=1S/C25H27ClF3N3O2/c1-23(2,3)17-6-4-16(5-7-17)21-15-24(34-31-21)10-12-32(13-11-24)22(33)30-20-9-8-18(26)14-19(20)25(27,28)29/h4-9,14-15,31H,10-13H2,1-3H3,(H,30,33). The Morgan fingerprint density at radius 2 is 1.74 bits per heavy atom. The van der Waals surface area contributed by atoms with Gasteiger partial charge >= 0.3 is 12.2 Å². The van der Waals surface area contributed by atoms with Crippen molar-refractivity contribution in [2.45, 2.75) is 50.8 Å². The molecule has 0 aromatic heterocycles. The van der Waals surface area contributed by atoms with Gasteiger partial charge in [-0.25, -0.2) is 4.79 Å². The number of carbonyl (C=O) groups excluding carboxylic acids is 1. The molecule has 0 unspecified atom stereocenters. The average molecular weight is 494 g/mol. The lowest BCUT2D eigenvalue weighted by Crippen LogP contribution is -2.48. The van der Waals surface area contributed by atoms with Gasteiger partial charge in [-0.1, -0.05) is 56.6 Å². The predicted octanol–water partition coefficient (Wildman–Crippen LogP) is 6.60. The SMILES string of the molecule is CC(C)(C)c1ccc(C2=CC3(CCN(C(=O)Nc4ccc(Cl)cc4C(F)(F)F)CC3)ON2)cc1. The molecule has 9 heteroatoms. The maximum absolute atomic E-state index is 13.3. The Kier molecular flexibility index (Phi) is 6.33. The first-order valence-electron chi connectivity index (χ1n) is 11.1. The second-order valence-corrected chi connectivity index (χ2v) is 10.2. The molecule has 2 N–H and O–H groups in total. The summed E-state index contributed by atoms with van der Waals surface area (Å²) in [6.45, 7) is 7.17. The molecule has 1 saturated heterocycles. The van der Waals surface area contributed by atoms with Crippen LogP contribution in [0.5, 0.6) is 0 Å². The van der Waals surface area contributed by atoms with E-state index < -0.39 is 23.4 Å². The Hall–Kier alpha value is -2.71. The van der Waals surface area contributed by atoms with E-state index in [1.54, 1.807) is 0 Å². The van der Waals surface area contributed by atoms with Gasteiger partial charge < -0.3 is 10.2 Å². The molecule has 0 bridgehead atoms. The summed E-state index contributed by atoms with van der Waals surface area (Å²) in [6, 6.07) is 11.0. The van der Waals surface area contributed by atoms with Crippen molar-refractivity contribution in [3.8, 4) is 0 Å². The van der Waals surface area contributed by atoms with E-state index in [4.69, 9.17) is 16.4 Å². The van der Waals surface area contributed by atoms with Crippen LogP contribution in [0, 0.1) is 0 Å². The molecule has 2 amide bonds. The maximum atomic E-state index is 13.3. The van der Waals surface area contributed by atoms with Gasteiger partial charge in [0.25, 0.3) is 0 Å². The highest BCUT2D eigenvalue weighted by Crippen LogP contribution is 2.38. The van der Waals surface area contributed by atoms with E-state index in [1.165, 1.54) is 22.6 Å². The Balaban J connectivity index is 1.41. The second kappa shape index (κ2) is 8.82. The third kappa shape index (κ3) is 5.18. The molecule has 2 aliphatic rings. The molecule has 34 heavy (non-hydrogen) atoms. The molecular formula is C25H27ClF3N3O2. The summed E-state index contributed by atoms with van der Waals surface area (Å²) in [5.74, 6) is 0. The molecule has 2 aromatic carbocycles. The number of hydrogen-bond donors (Lipinski definition) is 2. The van der Waals surface area contributed by atoms with E-state index >= 15 is 0 Å². The number of likely N-dealkylation sites (tertiary alicyclic amines) is 1. The van der Waals surface area contributed by atoms with Gasteiger partial charge in [-0.3, -0.25) is 10.3 Å². The van der Waals surface area contributed by atoms with Gasteiger partial charge in [0.2, 0.25) is 0 Å². The number of urea groups is 1. The molecular weight excluding hydrogens is 467 g/mol. The lowest BCUT2D eigenvalue weighted by atomic mass is 9.86. The number of benzene rings is 2. The van der Waals surface area contributed by atoms with Gasteiger partial charge in [0.15, 0.2) is 0 Å². The largest absolute Gasteiger partial charge is 0.418 e. The highest BCUT2D eigenvalue weighted by molar-refractivity contribution is 6.30. The summed E-state index contributed by atoms with van der Waals surface area (Å²) in [6.07, 6.45) is -1.56. The van der Waals surface area contributed by atoms with E-state index in [-0.39, 0.29) is 16.1 Å². The molecule has 0 saturated carbocycles. The summed E-state index contributed by atoms with van der Waals surface area (Å²) >= 11 is 5.71. The van der Waals surface area contributed by atoms with Crippen LogP contribution in [0.1, 0.15) is 50.3 Å². The van der Waals surface area contributed by atoms with Crippen LogP contribution in [-0.2, 0) is 16.4 Å². The molecule has 2 aliphatic heterocycles. The fourth-order valence-electron chi connectivity index (χ4n) is 4.16. The average Bonchev–Trinajstić information content (AvgIpc) is 3.17. The van der Waals surface area contributed by atoms with Crippen LogP contribution in [0.25, 0.3) is 5.70 Å². The smallest absolute Gasteiger partial charge is 0.324 e. The molecule has 2 heterocycles. The van der Waals surface area contributed by atoms with Crippen LogP contribution in [-0.4, -0.2) is 29.6 Å². The Morgan fingerprint density at radius 3 is 2.32 bits per heavy atom. The lowest BCUT2D eigenvalue weighted by molar-refractivity contribution is -0.136.